The molecule has 1 N–H and O–H groups in total. The first-order valence-corrected chi connectivity index (χ1v) is 9.46. The Labute approximate surface area is 166 Å². The molecule has 2 aromatic carbocycles. The standard InChI is InChI=1S/C23H28N2O3/c1-23(2,16-25(3)4)15-24-22(26)21-12-11-20(28-21)14-27-19-10-9-17-7-5-6-8-18(17)13-19/h5-13H,14-16H2,1-4H3,(H,24,26). The summed E-state index contributed by atoms with van der Waals surface area (Å²) in [6, 6.07) is 17.6. The molecule has 1 aromatic heterocycles. The van der Waals surface area contributed by atoms with E-state index in [0.717, 1.165) is 17.7 Å². The van der Waals surface area contributed by atoms with Crippen molar-refractivity contribution >= 4 is 16.7 Å². The number of carbonyl (C=O) groups is 1. The van der Waals surface area contributed by atoms with E-state index < -0.39 is 0 Å². The second-order valence-electron chi connectivity index (χ2n) is 8.15. The number of hydrogen-bond donors (Lipinski definition) is 1. The van der Waals surface area contributed by atoms with E-state index in [0.29, 0.717) is 18.1 Å². The smallest absolute Gasteiger partial charge is 0.287 e. The van der Waals surface area contributed by atoms with Crippen LogP contribution in [0.1, 0.15) is 30.2 Å². The van der Waals surface area contributed by atoms with Gasteiger partial charge in [0.1, 0.15) is 18.1 Å². The van der Waals surface area contributed by atoms with Gasteiger partial charge in [-0.3, -0.25) is 4.79 Å². The van der Waals surface area contributed by atoms with Crippen LogP contribution in [0.15, 0.2) is 59.0 Å². The Morgan fingerprint density at radius 1 is 1.07 bits per heavy atom. The molecule has 5 nitrogen and oxygen atoms in total. The lowest BCUT2D eigenvalue weighted by molar-refractivity contribution is 0.0897. The highest BCUT2D eigenvalue weighted by Gasteiger charge is 2.21. The first kappa shape index (κ1) is 20.0. The fourth-order valence-electron chi connectivity index (χ4n) is 3.31. The number of carbonyl (C=O) groups excluding carboxylic acids is 1. The summed E-state index contributed by atoms with van der Waals surface area (Å²) in [4.78, 5) is 14.5. The lowest BCUT2D eigenvalue weighted by atomic mass is 9.93. The molecule has 0 aliphatic rings. The maximum atomic E-state index is 12.4. The number of furan rings is 1. The van der Waals surface area contributed by atoms with Crippen molar-refractivity contribution in [1.82, 2.24) is 10.2 Å². The molecule has 28 heavy (non-hydrogen) atoms. The second kappa shape index (κ2) is 8.48. The lowest BCUT2D eigenvalue weighted by Crippen LogP contribution is -2.39. The van der Waals surface area contributed by atoms with Gasteiger partial charge in [-0.05, 0) is 54.5 Å². The number of rotatable bonds is 8. The summed E-state index contributed by atoms with van der Waals surface area (Å²) in [6.45, 7) is 5.98. The molecule has 0 aliphatic carbocycles. The van der Waals surface area contributed by atoms with E-state index >= 15 is 0 Å². The van der Waals surface area contributed by atoms with E-state index in [4.69, 9.17) is 9.15 Å². The van der Waals surface area contributed by atoms with Gasteiger partial charge < -0.3 is 19.4 Å². The van der Waals surface area contributed by atoms with Crippen molar-refractivity contribution in [2.75, 3.05) is 27.2 Å². The van der Waals surface area contributed by atoms with Crippen molar-refractivity contribution in [3.8, 4) is 5.75 Å². The number of nitrogens with zero attached hydrogens (tertiary/aromatic N) is 1. The third-order valence-corrected chi connectivity index (χ3v) is 4.46. The van der Waals surface area contributed by atoms with Gasteiger partial charge in [0.25, 0.3) is 5.91 Å². The summed E-state index contributed by atoms with van der Waals surface area (Å²) >= 11 is 0. The second-order valence-corrected chi connectivity index (χ2v) is 8.15. The van der Waals surface area contributed by atoms with Gasteiger partial charge in [-0.25, -0.2) is 0 Å². The monoisotopic (exact) mass is 380 g/mol. The number of hydrogen-bond acceptors (Lipinski definition) is 4. The van der Waals surface area contributed by atoms with Crippen LogP contribution < -0.4 is 10.1 Å². The van der Waals surface area contributed by atoms with Crippen LogP contribution in [-0.4, -0.2) is 38.0 Å². The third-order valence-electron chi connectivity index (χ3n) is 4.46. The molecule has 0 bridgehead atoms. The maximum Gasteiger partial charge on any atom is 0.287 e. The molecule has 1 heterocycles. The van der Waals surface area contributed by atoms with E-state index in [1.165, 1.54) is 5.39 Å². The quantitative estimate of drug-likeness (QED) is 0.632. The summed E-state index contributed by atoms with van der Waals surface area (Å²) in [5, 5.41) is 5.25. The van der Waals surface area contributed by atoms with Gasteiger partial charge >= 0.3 is 0 Å². The van der Waals surface area contributed by atoms with Crippen molar-refractivity contribution in [2.45, 2.75) is 20.5 Å². The summed E-state index contributed by atoms with van der Waals surface area (Å²) in [5.74, 6) is 1.49. The molecule has 3 aromatic rings. The van der Waals surface area contributed by atoms with Crippen molar-refractivity contribution in [1.29, 1.82) is 0 Å². The Morgan fingerprint density at radius 2 is 1.82 bits per heavy atom. The summed E-state index contributed by atoms with van der Waals surface area (Å²) in [6.07, 6.45) is 0. The molecule has 0 saturated carbocycles. The number of fused-ring (bicyclic) bond motifs is 1. The predicted octanol–water partition coefficient (Wildman–Crippen LogP) is 4.33. The molecular formula is C23H28N2O3. The van der Waals surface area contributed by atoms with Crippen molar-refractivity contribution in [3.05, 3.63) is 66.1 Å². The van der Waals surface area contributed by atoms with Crippen LogP contribution >= 0.6 is 0 Å². The fourth-order valence-corrected chi connectivity index (χ4v) is 3.31. The average molecular weight is 380 g/mol. The Kier molecular flexibility index (Phi) is 6.05. The minimum absolute atomic E-state index is 0.0201. The zero-order chi connectivity index (χ0) is 20.1. The van der Waals surface area contributed by atoms with E-state index in [1.54, 1.807) is 12.1 Å². The minimum atomic E-state index is -0.205. The Bertz CT molecular complexity index is 944. The molecule has 5 heteroatoms. The first-order valence-electron chi connectivity index (χ1n) is 9.46. The summed E-state index contributed by atoms with van der Waals surface area (Å²) < 4.78 is 11.5. The molecule has 0 spiro atoms. The molecule has 0 radical (unpaired) electrons. The SMILES string of the molecule is CN(C)CC(C)(C)CNC(=O)c1ccc(COc2ccc3ccccc3c2)o1. The lowest BCUT2D eigenvalue weighted by Gasteiger charge is -2.28. The molecule has 1 amide bonds. The van der Waals surface area contributed by atoms with Crippen molar-refractivity contribution < 1.29 is 13.9 Å². The molecule has 148 valence electrons. The number of ether oxygens (including phenoxy) is 1. The highest BCUT2D eigenvalue weighted by Crippen LogP contribution is 2.22. The molecule has 0 aliphatic heterocycles. The van der Waals surface area contributed by atoms with E-state index in [-0.39, 0.29) is 17.9 Å². The maximum absolute atomic E-state index is 12.4. The normalized spacial score (nSPS) is 11.8. The van der Waals surface area contributed by atoms with Crippen LogP contribution in [-0.2, 0) is 6.61 Å². The third kappa shape index (κ3) is 5.36. The minimum Gasteiger partial charge on any atom is -0.486 e. The van der Waals surface area contributed by atoms with Crippen LogP contribution in [0.4, 0.5) is 0 Å². The number of nitrogens with one attached hydrogen (secondary N) is 1. The Hall–Kier alpha value is -2.79. The van der Waals surface area contributed by atoms with Gasteiger partial charge in [0.15, 0.2) is 5.76 Å². The predicted molar refractivity (Wildman–Crippen MR) is 112 cm³/mol. The summed E-state index contributed by atoms with van der Waals surface area (Å²) in [5.41, 5.74) is -0.0201. The van der Waals surface area contributed by atoms with Gasteiger partial charge in [-0.15, -0.1) is 0 Å². The molecule has 0 saturated heterocycles. The van der Waals surface area contributed by atoms with Gasteiger partial charge in [-0.1, -0.05) is 44.2 Å². The Morgan fingerprint density at radius 3 is 2.57 bits per heavy atom. The van der Waals surface area contributed by atoms with Crippen LogP contribution in [0, 0.1) is 5.41 Å². The summed E-state index contributed by atoms with van der Waals surface area (Å²) in [7, 11) is 4.05. The van der Waals surface area contributed by atoms with Gasteiger partial charge in [0, 0.05) is 13.1 Å². The zero-order valence-electron chi connectivity index (χ0n) is 17.0. The van der Waals surface area contributed by atoms with Gasteiger partial charge in [0.05, 0.1) is 0 Å². The van der Waals surface area contributed by atoms with Crippen molar-refractivity contribution in [2.24, 2.45) is 5.41 Å². The molecule has 0 fully saturated rings. The molecule has 0 unspecified atom stereocenters. The molecular weight excluding hydrogens is 352 g/mol. The van der Waals surface area contributed by atoms with Crippen LogP contribution in [0.2, 0.25) is 0 Å². The largest absolute Gasteiger partial charge is 0.486 e. The van der Waals surface area contributed by atoms with Crippen LogP contribution in [0.3, 0.4) is 0 Å². The average Bonchev–Trinajstić information content (AvgIpc) is 3.12. The van der Waals surface area contributed by atoms with Gasteiger partial charge in [-0.2, -0.15) is 0 Å². The molecule has 0 atom stereocenters. The molecule has 3 rings (SSSR count). The van der Waals surface area contributed by atoms with Crippen molar-refractivity contribution in [3.63, 3.8) is 0 Å². The van der Waals surface area contributed by atoms with Crippen LogP contribution in [0.5, 0.6) is 5.75 Å². The highest BCUT2D eigenvalue weighted by atomic mass is 16.5. The van der Waals surface area contributed by atoms with E-state index in [9.17, 15) is 4.79 Å². The zero-order valence-corrected chi connectivity index (χ0v) is 17.0. The Balaban J connectivity index is 1.55. The topological polar surface area (TPSA) is 54.7 Å². The number of benzene rings is 2. The first-order chi connectivity index (χ1) is 13.3. The van der Waals surface area contributed by atoms with Gasteiger partial charge in [0.2, 0.25) is 0 Å². The van der Waals surface area contributed by atoms with Crippen LogP contribution in [0.25, 0.3) is 10.8 Å². The van der Waals surface area contributed by atoms with E-state index in [2.05, 4.69) is 36.2 Å². The number of amides is 1. The highest BCUT2D eigenvalue weighted by molar-refractivity contribution is 5.91. The fraction of sp³-hybridized carbons (Fsp3) is 0.348. The van der Waals surface area contributed by atoms with E-state index in [1.807, 2.05) is 44.4 Å².